The molecule has 0 spiro atoms. The van der Waals surface area contributed by atoms with E-state index in [-0.39, 0.29) is 23.7 Å². The van der Waals surface area contributed by atoms with Gasteiger partial charge in [-0.15, -0.1) is 11.8 Å². The summed E-state index contributed by atoms with van der Waals surface area (Å²) < 4.78 is 10.6. The monoisotopic (exact) mass is 387 g/mol. The van der Waals surface area contributed by atoms with Crippen molar-refractivity contribution < 1.29 is 23.5 Å². The van der Waals surface area contributed by atoms with Crippen molar-refractivity contribution >= 4 is 29.4 Å². The second-order valence-corrected chi connectivity index (χ2v) is 7.34. The molecule has 0 aliphatic carbocycles. The molecule has 6 nitrogen and oxygen atoms in total. The highest BCUT2D eigenvalue weighted by Gasteiger charge is 2.43. The molecule has 1 saturated heterocycles. The van der Waals surface area contributed by atoms with Gasteiger partial charge < -0.3 is 14.1 Å². The molecule has 2 atom stereocenters. The van der Waals surface area contributed by atoms with Crippen LogP contribution in [0.15, 0.2) is 47.1 Å². The summed E-state index contributed by atoms with van der Waals surface area (Å²) in [4.78, 5) is 38.3. The Balaban J connectivity index is 1.63. The molecule has 0 radical (unpaired) electrons. The minimum absolute atomic E-state index is 0.246. The summed E-state index contributed by atoms with van der Waals surface area (Å²) in [6, 6.07) is 10.00. The predicted molar refractivity (Wildman–Crippen MR) is 101 cm³/mol. The third kappa shape index (κ3) is 4.24. The molecule has 0 saturated carbocycles. The number of benzene rings is 1. The summed E-state index contributed by atoms with van der Waals surface area (Å²) in [6.45, 7) is 3.10. The van der Waals surface area contributed by atoms with Gasteiger partial charge in [0.15, 0.2) is 12.4 Å². The lowest BCUT2D eigenvalue weighted by Gasteiger charge is -2.25. The van der Waals surface area contributed by atoms with Gasteiger partial charge in [0, 0.05) is 18.2 Å². The molecule has 3 rings (SSSR count). The average molecular weight is 387 g/mol. The smallest absolute Gasteiger partial charge is 0.330 e. The first-order chi connectivity index (χ1) is 13.0. The Morgan fingerprint density at radius 1 is 1.22 bits per heavy atom. The van der Waals surface area contributed by atoms with Crippen molar-refractivity contribution in [1.82, 2.24) is 4.90 Å². The van der Waals surface area contributed by atoms with E-state index in [1.54, 1.807) is 24.3 Å². The fourth-order valence-electron chi connectivity index (χ4n) is 2.97. The third-order valence-electron chi connectivity index (χ3n) is 4.45. The minimum atomic E-state index is -0.738. The molecule has 1 fully saturated rings. The molecule has 2 heterocycles. The molecular weight excluding hydrogens is 366 g/mol. The molecule has 7 heteroatoms. The van der Waals surface area contributed by atoms with Crippen LogP contribution in [0.1, 0.15) is 40.9 Å². The topological polar surface area (TPSA) is 76.8 Å². The van der Waals surface area contributed by atoms with Gasteiger partial charge in [-0.3, -0.25) is 9.59 Å². The fraction of sp³-hybridized carbons (Fsp3) is 0.350. The zero-order chi connectivity index (χ0) is 19.4. The van der Waals surface area contributed by atoms with E-state index in [2.05, 4.69) is 0 Å². The molecule has 0 bridgehead atoms. The van der Waals surface area contributed by atoms with E-state index in [9.17, 15) is 14.4 Å². The predicted octanol–water partition coefficient (Wildman–Crippen LogP) is 3.23. The van der Waals surface area contributed by atoms with Crippen LogP contribution in [-0.4, -0.2) is 41.0 Å². The molecule has 0 N–H and O–H groups in total. The Morgan fingerprint density at radius 3 is 2.56 bits per heavy atom. The number of ether oxygens (including phenoxy) is 1. The summed E-state index contributed by atoms with van der Waals surface area (Å²) in [6.07, 6.45) is 2.42. The number of hydrogen-bond acceptors (Lipinski definition) is 6. The Labute approximate surface area is 161 Å². The van der Waals surface area contributed by atoms with Crippen LogP contribution in [0.2, 0.25) is 0 Å². The summed E-state index contributed by atoms with van der Waals surface area (Å²) in [7, 11) is 0. The van der Waals surface area contributed by atoms with Gasteiger partial charge in [0.1, 0.15) is 17.2 Å². The van der Waals surface area contributed by atoms with Crippen LogP contribution in [0.4, 0.5) is 0 Å². The maximum Gasteiger partial charge on any atom is 0.330 e. The maximum absolute atomic E-state index is 12.5. The number of esters is 1. The van der Waals surface area contributed by atoms with Gasteiger partial charge in [0.25, 0.3) is 0 Å². The number of amides is 1. The Bertz CT molecular complexity index is 815. The largest absolute Gasteiger partial charge is 0.466 e. The van der Waals surface area contributed by atoms with E-state index in [0.717, 1.165) is 12.0 Å². The van der Waals surface area contributed by atoms with Crippen molar-refractivity contribution in [2.75, 3.05) is 12.4 Å². The van der Waals surface area contributed by atoms with Crippen LogP contribution < -0.4 is 0 Å². The van der Waals surface area contributed by atoms with E-state index in [1.165, 1.54) is 29.8 Å². The molecule has 1 aromatic heterocycles. The van der Waals surface area contributed by atoms with Crippen molar-refractivity contribution in [3.05, 3.63) is 59.5 Å². The summed E-state index contributed by atoms with van der Waals surface area (Å²) in [5.74, 6) is -0.0929. The van der Waals surface area contributed by atoms with E-state index in [0.29, 0.717) is 17.1 Å². The number of ketones is 1. The second kappa shape index (κ2) is 8.43. The molecule has 1 amide bonds. The summed E-state index contributed by atoms with van der Waals surface area (Å²) >= 11 is 1.43. The van der Waals surface area contributed by atoms with E-state index < -0.39 is 12.0 Å². The van der Waals surface area contributed by atoms with Crippen molar-refractivity contribution in [3.63, 3.8) is 0 Å². The zero-order valence-electron chi connectivity index (χ0n) is 15.2. The molecule has 1 aliphatic heterocycles. The molecule has 1 aliphatic rings. The third-order valence-corrected chi connectivity index (χ3v) is 5.74. The van der Waals surface area contributed by atoms with Gasteiger partial charge in [-0.1, -0.05) is 31.2 Å². The summed E-state index contributed by atoms with van der Waals surface area (Å²) in [5, 5.41) is -0.368. The number of carbonyl (C=O) groups is 3. The first-order valence-corrected chi connectivity index (χ1v) is 9.78. The maximum atomic E-state index is 12.5. The second-order valence-electron chi connectivity index (χ2n) is 6.22. The number of nitrogens with zero attached hydrogens (tertiary/aromatic N) is 1. The number of carbonyl (C=O) groups excluding carboxylic acids is 3. The van der Waals surface area contributed by atoms with Gasteiger partial charge in [0.05, 0.1) is 6.26 Å². The van der Waals surface area contributed by atoms with Crippen molar-refractivity contribution in [1.29, 1.82) is 0 Å². The highest BCUT2D eigenvalue weighted by Crippen LogP contribution is 2.41. The van der Waals surface area contributed by atoms with E-state index in [1.807, 2.05) is 19.1 Å². The van der Waals surface area contributed by atoms with Crippen LogP contribution in [-0.2, 0) is 20.7 Å². The molecular formula is C20H21NO5S. The Kier molecular flexibility index (Phi) is 6.01. The van der Waals surface area contributed by atoms with Crippen molar-refractivity contribution in [3.8, 4) is 0 Å². The lowest BCUT2D eigenvalue weighted by atomic mass is 10.1. The fourth-order valence-corrected chi connectivity index (χ4v) is 4.38. The first kappa shape index (κ1) is 19.2. The molecule has 27 heavy (non-hydrogen) atoms. The summed E-state index contributed by atoms with van der Waals surface area (Å²) in [5.41, 5.74) is 1.63. The normalized spacial score (nSPS) is 19.1. The zero-order valence-corrected chi connectivity index (χ0v) is 16.0. The minimum Gasteiger partial charge on any atom is -0.466 e. The van der Waals surface area contributed by atoms with Crippen LogP contribution in [0, 0.1) is 0 Å². The van der Waals surface area contributed by atoms with Gasteiger partial charge >= 0.3 is 5.97 Å². The van der Waals surface area contributed by atoms with Gasteiger partial charge in [-0.25, -0.2) is 4.79 Å². The molecule has 0 unspecified atom stereocenters. The SMILES string of the molecule is CCc1ccc(C(=O)COC(=O)[C@@H]2CS[C@@H](c3ccco3)N2C(C)=O)cc1. The average Bonchev–Trinajstić information content (AvgIpc) is 3.35. The van der Waals surface area contributed by atoms with Crippen LogP contribution >= 0.6 is 11.8 Å². The highest BCUT2D eigenvalue weighted by molar-refractivity contribution is 7.99. The molecule has 2 aromatic rings. The van der Waals surface area contributed by atoms with Crippen molar-refractivity contribution in [2.45, 2.75) is 31.7 Å². The first-order valence-electron chi connectivity index (χ1n) is 8.74. The Morgan fingerprint density at radius 2 is 1.96 bits per heavy atom. The Hall–Kier alpha value is -2.54. The highest BCUT2D eigenvalue weighted by atomic mass is 32.2. The number of Topliss-reactive ketones (excluding diaryl/α,β-unsaturated/α-hetero) is 1. The molecule has 142 valence electrons. The lowest BCUT2D eigenvalue weighted by molar-refractivity contribution is -0.152. The van der Waals surface area contributed by atoms with Gasteiger partial charge in [0.2, 0.25) is 5.91 Å². The van der Waals surface area contributed by atoms with Crippen LogP contribution in [0.5, 0.6) is 0 Å². The molecule has 1 aromatic carbocycles. The van der Waals surface area contributed by atoms with Crippen LogP contribution in [0.25, 0.3) is 0 Å². The number of thioether (sulfide) groups is 1. The van der Waals surface area contributed by atoms with E-state index >= 15 is 0 Å². The number of furan rings is 1. The van der Waals surface area contributed by atoms with E-state index in [4.69, 9.17) is 9.15 Å². The van der Waals surface area contributed by atoms with Crippen LogP contribution in [0.3, 0.4) is 0 Å². The lowest BCUT2D eigenvalue weighted by Crippen LogP contribution is -2.43. The van der Waals surface area contributed by atoms with Crippen molar-refractivity contribution in [2.24, 2.45) is 0 Å². The number of aryl methyl sites for hydroxylation is 1. The number of rotatable bonds is 6. The quantitative estimate of drug-likeness (QED) is 0.559. The van der Waals surface area contributed by atoms with Gasteiger partial charge in [-0.05, 0) is 24.1 Å². The standard InChI is InChI=1S/C20H21NO5S/c1-3-14-6-8-15(9-7-14)17(23)11-26-20(24)16-12-27-19(21(16)13(2)22)18-5-4-10-25-18/h4-10,16,19H,3,11-12H2,1-2H3/t16-,19-/m0/s1. The van der Waals surface area contributed by atoms with Gasteiger partial charge in [-0.2, -0.15) is 0 Å². The number of hydrogen-bond donors (Lipinski definition) is 0.